The summed E-state index contributed by atoms with van der Waals surface area (Å²) in [5.74, 6) is -0.203. The molecule has 0 saturated carbocycles. The van der Waals surface area contributed by atoms with Crippen molar-refractivity contribution in [1.82, 2.24) is 10.2 Å². The van der Waals surface area contributed by atoms with Crippen LogP contribution in [0.2, 0.25) is 0 Å². The number of nitrogens with zero attached hydrogens (tertiary/aromatic N) is 3. The minimum absolute atomic E-state index is 0.0364. The highest BCUT2D eigenvalue weighted by atomic mass is 16.6. The Morgan fingerprint density at radius 3 is 2.17 bits per heavy atom. The van der Waals surface area contributed by atoms with Crippen LogP contribution in [0.3, 0.4) is 0 Å². The Labute approximate surface area is 170 Å². The third kappa shape index (κ3) is 4.22. The van der Waals surface area contributed by atoms with Gasteiger partial charge in [-0.3, -0.25) is 10.1 Å². The molecule has 3 aromatic carbocycles. The van der Waals surface area contributed by atoms with E-state index in [1.165, 1.54) is 24.3 Å². The van der Waals surface area contributed by atoms with Crippen LogP contribution >= 0.6 is 0 Å². The fraction of sp³-hybridized carbons (Fsp3) is 0.0455. The molecule has 0 unspecified atom stereocenters. The van der Waals surface area contributed by atoms with Gasteiger partial charge in [0.15, 0.2) is 6.61 Å². The zero-order chi connectivity index (χ0) is 20.9. The Morgan fingerprint density at radius 2 is 1.50 bits per heavy atom. The first kappa shape index (κ1) is 19.0. The van der Waals surface area contributed by atoms with E-state index in [0.29, 0.717) is 11.1 Å². The highest BCUT2D eigenvalue weighted by Crippen LogP contribution is 2.22. The fourth-order valence-corrected chi connectivity index (χ4v) is 2.79. The number of aromatic nitrogens is 2. The van der Waals surface area contributed by atoms with Crippen molar-refractivity contribution in [3.63, 3.8) is 0 Å². The number of nitro groups is 1. The molecule has 0 N–H and O–H groups in total. The van der Waals surface area contributed by atoms with Crippen LogP contribution < -0.4 is 0 Å². The summed E-state index contributed by atoms with van der Waals surface area (Å²) in [6, 6.07) is 22.6. The van der Waals surface area contributed by atoms with Gasteiger partial charge in [-0.1, -0.05) is 42.5 Å². The summed E-state index contributed by atoms with van der Waals surface area (Å²) in [5.41, 5.74) is 2.96. The van der Waals surface area contributed by atoms with E-state index in [1.54, 1.807) is 12.1 Å². The molecule has 0 saturated heterocycles. The lowest BCUT2D eigenvalue weighted by Crippen LogP contribution is -2.05. The van der Waals surface area contributed by atoms with Gasteiger partial charge in [0.2, 0.25) is 5.89 Å². The van der Waals surface area contributed by atoms with Gasteiger partial charge in [0.25, 0.3) is 11.6 Å². The maximum Gasteiger partial charge on any atom is 0.338 e. The number of benzene rings is 3. The predicted molar refractivity (Wildman–Crippen MR) is 107 cm³/mol. The minimum atomic E-state index is -0.510. The summed E-state index contributed by atoms with van der Waals surface area (Å²) in [5, 5.41) is 18.4. The molecule has 148 valence electrons. The second-order valence-electron chi connectivity index (χ2n) is 6.32. The largest absolute Gasteiger partial charge is 0.452 e. The molecule has 8 heteroatoms. The molecule has 0 bridgehead atoms. The molecule has 4 aromatic rings. The number of nitro benzene ring substituents is 1. The smallest absolute Gasteiger partial charge is 0.338 e. The van der Waals surface area contributed by atoms with Crippen molar-refractivity contribution >= 4 is 11.7 Å². The van der Waals surface area contributed by atoms with Gasteiger partial charge >= 0.3 is 5.97 Å². The van der Waals surface area contributed by atoms with Crippen molar-refractivity contribution in [1.29, 1.82) is 0 Å². The van der Waals surface area contributed by atoms with Crippen LogP contribution in [-0.2, 0) is 11.3 Å². The van der Waals surface area contributed by atoms with E-state index in [-0.39, 0.29) is 24.1 Å². The van der Waals surface area contributed by atoms with Gasteiger partial charge < -0.3 is 9.15 Å². The normalized spacial score (nSPS) is 10.5. The zero-order valence-electron chi connectivity index (χ0n) is 15.6. The van der Waals surface area contributed by atoms with Crippen LogP contribution in [0.25, 0.3) is 22.6 Å². The highest BCUT2D eigenvalue weighted by Gasteiger charge is 2.14. The van der Waals surface area contributed by atoms with E-state index in [4.69, 9.17) is 9.15 Å². The Morgan fingerprint density at radius 1 is 0.867 bits per heavy atom. The Kier molecular flexibility index (Phi) is 5.29. The molecule has 1 aromatic heterocycles. The highest BCUT2D eigenvalue weighted by molar-refractivity contribution is 5.90. The van der Waals surface area contributed by atoms with Crippen LogP contribution in [0.15, 0.2) is 83.3 Å². The number of rotatable bonds is 6. The molecule has 0 atom stereocenters. The molecule has 0 radical (unpaired) electrons. The topological polar surface area (TPSA) is 108 Å². The summed E-state index contributed by atoms with van der Waals surface area (Å²) in [4.78, 5) is 22.5. The van der Waals surface area contributed by atoms with E-state index in [2.05, 4.69) is 10.2 Å². The molecule has 4 rings (SSSR count). The van der Waals surface area contributed by atoms with Gasteiger partial charge in [-0.25, -0.2) is 4.79 Å². The standard InChI is InChI=1S/C22H15N3O5/c26-22(18-8-6-16(7-9-18)15-4-2-1-3-5-15)29-14-20-23-24-21(30-20)17-10-12-19(13-11-17)25(27)28/h1-13H,14H2. The molecule has 0 fully saturated rings. The van der Waals surface area contributed by atoms with Crippen LogP contribution in [-0.4, -0.2) is 21.1 Å². The van der Waals surface area contributed by atoms with Gasteiger partial charge in [-0.15, -0.1) is 10.2 Å². The first-order chi connectivity index (χ1) is 14.6. The van der Waals surface area contributed by atoms with Gasteiger partial charge in [0, 0.05) is 17.7 Å². The number of ether oxygens (including phenoxy) is 1. The molecule has 30 heavy (non-hydrogen) atoms. The van der Waals surface area contributed by atoms with Crippen LogP contribution in [0, 0.1) is 10.1 Å². The Hall–Kier alpha value is -4.33. The number of hydrogen-bond donors (Lipinski definition) is 0. The third-order valence-electron chi connectivity index (χ3n) is 4.35. The third-order valence-corrected chi connectivity index (χ3v) is 4.35. The van der Waals surface area contributed by atoms with Crippen LogP contribution in [0.4, 0.5) is 5.69 Å². The van der Waals surface area contributed by atoms with Gasteiger partial charge in [-0.2, -0.15) is 0 Å². The van der Waals surface area contributed by atoms with E-state index >= 15 is 0 Å². The van der Waals surface area contributed by atoms with Gasteiger partial charge in [0.05, 0.1) is 10.5 Å². The summed E-state index contributed by atoms with van der Waals surface area (Å²) < 4.78 is 10.7. The number of esters is 1. The molecule has 0 aliphatic rings. The Balaban J connectivity index is 1.38. The first-order valence-corrected chi connectivity index (χ1v) is 9.00. The van der Waals surface area contributed by atoms with E-state index in [9.17, 15) is 14.9 Å². The minimum Gasteiger partial charge on any atom is -0.452 e. The molecular formula is C22H15N3O5. The van der Waals surface area contributed by atoms with Crippen molar-refractivity contribution < 1.29 is 18.9 Å². The first-order valence-electron chi connectivity index (χ1n) is 9.00. The van der Waals surface area contributed by atoms with Gasteiger partial charge in [0.1, 0.15) is 0 Å². The second-order valence-corrected chi connectivity index (χ2v) is 6.32. The summed E-state index contributed by atoms with van der Waals surface area (Å²) in [7, 11) is 0. The molecule has 0 aliphatic heterocycles. The monoisotopic (exact) mass is 401 g/mol. The zero-order valence-corrected chi connectivity index (χ0v) is 15.6. The maximum absolute atomic E-state index is 12.3. The van der Waals surface area contributed by atoms with Crippen molar-refractivity contribution in [2.45, 2.75) is 6.61 Å². The fourth-order valence-electron chi connectivity index (χ4n) is 2.79. The maximum atomic E-state index is 12.3. The van der Waals surface area contributed by atoms with Crippen LogP contribution in [0.1, 0.15) is 16.2 Å². The lowest BCUT2D eigenvalue weighted by Gasteiger charge is -2.04. The number of non-ortho nitro benzene ring substituents is 1. The van der Waals surface area contributed by atoms with Crippen molar-refractivity contribution in [2.24, 2.45) is 0 Å². The van der Waals surface area contributed by atoms with E-state index < -0.39 is 10.9 Å². The van der Waals surface area contributed by atoms with E-state index in [0.717, 1.165) is 11.1 Å². The lowest BCUT2D eigenvalue weighted by molar-refractivity contribution is -0.384. The molecule has 1 heterocycles. The van der Waals surface area contributed by atoms with Crippen LogP contribution in [0.5, 0.6) is 0 Å². The number of carbonyl (C=O) groups is 1. The SMILES string of the molecule is O=C(OCc1nnc(-c2ccc([N+](=O)[O-])cc2)o1)c1ccc(-c2ccccc2)cc1. The predicted octanol–water partition coefficient (Wildman–Crippen LogP) is 4.67. The second kappa shape index (κ2) is 8.36. The molecular weight excluding hydrogens is 386 g/mol. The molecule has 0 amide bonds. The van der Waals surface area contributed by atoms with Crippen molar-refractivity contribution in [3.05, 3.63) is 100 Å². The van der Waals surface area contributed by atoms with E-state index in [1.807, 2.05) is 42.5 Å². The quantitative estimate of drug-likeness (QED) is 0.262. The van der Waals surface area contributed by atoms with Crippen molar-refractivity contribution in [2.75, 3.05) is 0 Å². The number of hydrogen-bond acceptors (Lipinski definition) is 7. The average Bonchev–Trinajstić information content (AvgIpc) is 3.27. The average molecular weight is 401 g/mol. The Bertz CT molecular complexity index is 1170. The van der Waals surface area contributed by atoms with Crippen molar-refractivity contribution in [3.8, 4) is 22.6 Å². The summed E-state index contributed by atoms with van der Waals surface area (Å²) >= 11 is 0. The summed E-state index contributed by atoms with van der Waals surface area (Å²) in [6.45, 7) is -0.181. The summed E-state index contributed by atoms with van der Waals surface area (Å²) in [6.07, 6.45) is 0. The molecule has 0 aliphatic carbocycles. The van der Waals surface area contributed by atoms with Gasteiger partial charge in [-0.05, 0) is 35.4 Å². The lowest BCUT2D eigenvalue weighted by atomic mass is 10.0. The molecule has 0 spiro atoms. The molecule has 8 nitrogen and oxygen atoms in total. The number of carbonyl (C=O) groups excluding carboxylic acids is 1.